The first-order chi connectivity index (χ1) is 13.4. The van der Waals surface area contributed by atoms with Crippen LogP contribution in [0.3, 0.4) is 0 Å². The smallest absolute Gasteiger partial charge is 0.305 e. The van der Waals surface area contributed by atoms with Crippen molar-refractivity contribution in [2.75, 3.05) is 0 Å². The third kappa shape index (κ3) is 14.2. The maximum atomic E-state index is 13.7. The molecule has 0 aromatic carbocycles. The molecule has 0 rings (SSSR count). The maximum absolute atomic E-state index is 13.7. The first kappa shape index (κ1) is 28.1. The molecule has 3 unspecified atom stereocenters. The van der Waals surface area contributed by atoms with E-state index in [9.17, 15) is 4.57 Å². The van der Waals surface area contributed by atoms with Crippen molar-refractivity contribution in [1.82, 2.24) is 0 Å². The van der Waals surface area contributed by atoms with Crippen LogP contribution in [0.1, 0.15) is 138 Å². The van der Waals surface area contributed by atoms with E-state index in [4.69, 9.17) is 9.05 Å². The van der Waals surface area contributed by atoms with E-state index in [0.29, 0.717) is 0 Å². The van der Waals surface area contributed by atoms with E-state index in [-0.39, 0.29) is 17.9 Å². The van der Waals surface area contributed by atoms with Crippen molar-refractivity contribution < 1.29 is 13.6 Å². The molecular formula is C24H51O3P. The Hall–Kier alpha value is 0.150. The lowest BCUT2D eigenvalue weighted by molar-refractivity contribution is 0.111. The first-order valence-electron chi connectivity index (χ1n) is 12.4. The molecule has 0 aliphatic carbocycles. The van der Waals surface area contributed by atoms with Crippen LogP contribution < -0.4 is 0 Å². The number of hydrogen-bond donors (Lipinski definition) is 0. The minimum atomic E-state index is -3.08. The van der Waals surface area contributed by atoms with Gasteiger partial charge in [0.05, 0.1) is 17.9 Å². The molecule has 0 fully saturated rings. The molecule has 4 heteroatoms. The zero-order valence-corrected chi connectivity index (χ0v) is 20.9. The van der Waals surface area contributed by atoms with E-state index >= 15 is 0 Å². The van der Waals surface area contributed by atoms with Gasteiger partial charge in [-0.25, -0.2) is 0 Å². The molecule has 0 N–H and O–H groups in total. The molecule has 170 valence electrons. The molecule has 0 radical (unpaired) electrons. The van der Waals surface area contributed by atoms with Gasteiger partial charge in [-0.3, -0.25) is 4.57 Å². The van der Waals surface area contributed by atoms with Crippen LogP contribution in [0.25, 0.3) is 0 Å². The molecule has 0 aromatic rings. The van der Waals surface area contributed by atoms with Crippen molar-refractivity contribution in [3.8, 4) is 0 Å². The molecule has 0 saturated heterocycles. The average molecular weight is 419 g/mol. The van der Waals surface area contributed by atoms with Gasteiger partial charge in [0.15, 0.2) is 0 Å². The van der Waals surface area contributed by atoms with Gasteiger partial charge >= 0.3 is 7.60 Å². The molecule has 0 heterocycles. The summed E-state index contributed by atoms with van der Waals surface area (Å²) in [6, 6.07) is 0. The summed E-state index contributed by atoms with van der Waals surface area (Å²) >= 11 is 0. The summed E-state index contributed by atoms with van der Waals surface area (Å²) in [6.45, 7) is 12.9. The van der Waals surface area contributed by atoms with Gasteiger partial charge in [-0.15, -0.1) is 0 Å². The number of rotatable bonds is 20. The Bertz CT molecular complexity index is 362. The zero-order valence-electron chi connectivity index (χ0n) is 20.0. The lowest BCUT2D eigenvalue weighted by Crippen LogP contribution is -2.19. The van der Waals surface area contributed by atoms with Crippen LogP contribution >= 0.6 is 7.60 Å². The number of hydrogen-bond acceptors (Lipinski definition) is 3. The molecular weight excluding hydrogens is 367 g/mol. The van der Waals surface area contributed by atoms with Gasteiger partial charge in [-0.05, 0) is 33.1 Å². The van der Waals surface area contributed by atoms with Gasteiger partial charge in [0.2, 0.25) is 0 Å². The highest BCUT2D eigenvalue weighted by atomic mass is 31.2. The highest BCUT2D eigenvalue weighted by Crippen LogP contribution is 2.57. The van der Waals surface area contributed by atoms with Gasteiger partial charge in [0, 0.05) is 0 Å². The van der Waals surface area contributed by atoms with Crippen LogP contribution in [0.5, 0.6) is 0 Å². The van der Waals surface area contributed by atoms with Gasteiger partial charge in [0.1, 0.15) is 0 Å². The van der Waals surface area contributed by atoms with Crippen molar-refractivity contribution in [3.05, 3.63) is 0 Å². The third-order valence-electron chi connectivity index (χ3n) is 5.60. The lowest BCUT2D eigenvalue weighted by atomic mass is 10.1. The quantitative estimate of drug-likeness (QED) is 0.146. The van der Waals surface area contributed by atoms with E-state index in [2.05, 4.69) is 41.5 Å². The summed E-state index contributed by atoms with van der Waals surface area (Å²) < 4.78 is 26.1. The van der Waals surface area contributed by atoms with Gasteiger partial charge in [0.25, 0.3) is 0 Å². The van der Waals surface area contributed by atoms with E-state index in [1.54, 1.807) is 0 Å². The normalized spacial score (nSPS) is 17.2. The van der Waals surface area contributed by atoms with E-state index < -0.39 is 7.60 Å². The number of unbranched alkanes of at least 4 members (excludes halogenated alkanes) is 9. The fourth-order valence-corrected chi connectivity index (χ4v) is 5.76. The fraction of sp³-hybridized carbons (Fsp3) is 1.00. The molecule has 0 aliphatic rings. The first-order valence-corrected chi connectivity index (χ1v) is 14.0. The molecule has 0 bridgehead atoms. The van der Waals surface area contributed by atoms with Crippen LogP contribution in [0, 0.1) is 0 Å². The highest BCUT2D eigenvalue weighted by molar-refractivity contribution is 7.54. The Morgan fingerprint density at radius 1 is 0.571 bits per heavy atom. The van der Waals surface area contributed by atoms with E-state index in [1.165, 1.54) is 57.8 Å². The second-order valence-electron chi connectivity index (χ2n) is 8.77. The largest absolute Gasteiger partial charge is 0.333 e. The molecule has 0 amide bonds. The Morgan fingerprint density at radius 2 is 0.929 bits per heavy atom. The Balaban J connectivity index is 4.71. The molecule has 3 atom stereocenters. The molecule has 28 heavy (non-hydrogen) atoms. The van der Waals surface area contributed by atoms with Crippen LogP contribution in [0.4, 0.5) is 0 Å². The summed E-state index contributed by atoms with van der Waals surface area (Å²) in [7, 11) is -3.08. The van der Waals surface area contributed by atoms with Crippen LogP contribution in [-0.4, -0.2) is 17.9 Å². The molecule has 0 saturated carbocycles. The molecule has 0 aromatic heterocycles. The van der Waals surface area contributed by atoms with Gasteiger partial charge in [-0.2, -0.15) is 0 Å². The van der Waals surface area contributed by atoms with E-state index in [1.807, 2.05) is 0 Å². The Morgan fingerprint density at radius 3 is 1.29 bits per heavy atom. The summed E-state index contributed by atoms with van der Waals surface area (Å²) in [5.74, 6) is 0. The van der Waals surface area contributed by atoms with Crippen molar-refractivity contribution in [1.29, 1.82) is 0 Å². The molecule has 3 nitrogen and oxygen atoms in total. The molecule has 0 aliphatic heterocycles. The Kier molecular flexibility index (Phi) is 18.1. The van der Waals surface area contributed by atoms with Crippen molar-refractivity contribution in [2.24, 2.45) is 0 Å². The minimum Gasteiger partial charge on any atom is -0.305 e. The summed E-state index contributed by atoms with van der Waals surface area (Å²) in [5.41, 5.74) is -0.0134. The van der Waals surface area contributed by atoms with Gasteiger partial charge in [-0.1, -0.05) is 105 Å². The van der Waals surface area contributed by atoms with Crippen LogP contribution in [0.15, 0.2) is 0 Å². The van der Waals surface area contributed by atoms with Gasteiger partial charge < -0.3 is 9.05 Å². The predicted octanol–water partition coefficient (Wildman–Crippen LogP) is 9.29. The van der Waals surface area contributed by atoms with Crippen molar-refractivity contribution in [2.45, 2.75) is 156 Å². The van der Waals surface area contributed by atoms with Crippen LogP contribution in [-0.2, 0) is 13.6 Å². The second-order valence-corrected chi connectivity index (χ2v) is 11.2. The fourth-order valence-electron chi connectivity index (χ4n) is 3.58. The third-order valence-corrected chi connectivity index (χ3v) is 8.24. The predicted molar refractivity (Wildman–Crippen MR) is 124 cm³/mol. The summed E-state index contributed by atoms with van der Waals surface area (Å²) in [5, 5.41) is 0. The van der Waals surface area contributed by atoms with E-state index in [0.717, 1.165) is 38.5 Å². The molecule has 0 spiro atoms. The SMILES string of the molecule is CCCCCCC(C)OP(=O)(OC(C)CCCCCC)C(C)CCCCCC. The summed E-state index contributed by atoms with van der Waals surface area (Å²) in [4.78, 5) is 0. The average Bonchev–Trinajstić information content (AvgIpc) is 2.65. The maximum Gasteiger partial charge on any atom is 0.333 e. The monoisotopic (exact) mass is 418 g/mol. The highest BCUT2D eigenvalue weighted by Gasteiger charge is 2.35. The standard InChI is InChI=1S/C24H51O3P/c1-7-10-13-16-19-22(4)26-28(25,24(6)21-18-15-12-9-3)27-23(5)20-17-14-11-8-2/h22-24H,7-21H2,1-6H3. The topological polar surface area (TPSA) is 35.5 Å². The minimum absolute atomic E-state index is 0.00747. The Labute approximate surface area is 177 Å². The van der Waals surface area contributed by atoms with Crippen LogP contribution in [0.2, 0.25) is 0 Å². The lowest BCUT2D eigenvalue weighted by Gasteiger charge is -2.30. The zero-order chi connectivity index (χ0) is 21.3. The second kappa shape index (κ2) is 18.0. The summed E-state index contributed by atoms with van der Waals surface area (Å²) in [6.07, 6.45) is 17.5. The van der Waals surface area contributed by atoms with Crippen molar-refractivity contribution in [3.63, 3.8) is 0 Å². The van der Waals surface area contributed by atoms with Crippen molar-refractivity contribution >= 4 is 7.60 Å².